The van der Waals surface area contributed by atoms with Gasteiger partial charge in [-0.25, -0.2) is 4.63 Å². The fourth-order valence-electron chi connectivity index (χ4n) is 1.73. The SMILES string of the molecule is Cc1nonc1COc1cccc(Cl)c1CNC(C)(C)C. The Bertz CT molecular complexity index is 605. The molecule has 5 nitrogen and oxygen atoms in total. The Hall–Kier alpha value is -1.59. The summed E-state index contributed by atoms with van der Waals surface area (Å²) in [6.07, 6.45) is 0. The van der Waals surface area contributed by atoms with Crippen LogP contribution in [0.25, 0.3) is 0 Å². The van der Waals surface area contributed by atoms with Crippen molar-refractivity contribution >= 4 is 11.6 Å². The van der Waals surface area contributed by atoms with Gasteiger partial charge in [-0.2, -0.15) is 0 Å². The first-order valence-electron chi connectivity index (χ1n) is 6.80. The summed E-state index contributed by atoms with van der Waals surface area (Å²) in [7, 11) is 0. The highest BCUT2D eigenvalue weighted by Gasteiger charge is 2.14. The van der Waals surface area contributed by atoms with Gasteiger partial charge in [0.2, 0.25) is 0 Å². The second kappa shape index (κ2) is 6.45. The monoisotopic (exact) mass is 309 g/mol. The third-order valence-corrected chi connectivity index (χ3v) is 3.34. The summed E-state index contributed by atoms with van der Waals surface area (Å²) in [5.74, 6) is 0.738. The molecule has 0 aliphatic carbocycles. The van der Waals surface area contributed by atoms with Crippen molar-refractivity contribution in [2.45, 2.75) is 46.4 Å². The molecule has 0 saturated carbocycles. The lowest BCUT2D eigenvalue weighted by atomic mass is 10.1. The molecule has 0 spiro atoms. The molecule has 0 aliphatic rings. The summed E-state index contributed by atoms with van der Waals surface area (Å²) in [5.41, 5.74) is 2.35. The van der Waals surface area contributed by atoms with E-state index in [-0.39, 0.29) is 5.54 Å². The number of hydrogen-bond donors (Lipinski definition) is 1. The van der Waals surface area contributed by atoms with Gasteiger partial charge in [0.05, 0.1) is 0 Å². The van der Waals surface area contributed by atoms with E-state index < -0.39 is 0 Å². The van der Waals surface area contributed by atoms with Gasteiger partial charge in [-0.15, -0.1) is 0 Å². The predicted molar refractivity (Wildman–Crippen MR) is 81.4 cm³/mol. The van der Waals surface area contributed by atoms with Crippen molar-refractivity contribution in [1.82, 2.24) is 15.6 Å². The Labute approximate surface area is 129 Å². The van der Waals surface area contributed by atoms with Crippen molar-refractivity contribution in [2.75, 3.05) is 0 Å². The van der Waals surface area contributed by atoms with Crippen LogP contribution in [0.5, 0.6) is 5.75 Å². The lowest BCUT2D eigenvalue weighted by Gasteiger charge is -2.22. The molecule has 1 heterocycles. The summed E-state index contributed by atoms with van der Waals surface area (Å²) >= 11 is 6.28. The largest absolute Gasteiger partial charge is 0.487 e. The van der Waals surface area contributed by atoms with E-state index in [4.69, 9.17) is 16.3 Å². The van der Waals surface area contributed by atoms with Crippen LogP contribution in [0.1, 0.15) is 37.7 Å². The van der Waals surface area contributed by atoms with Crippen molar-refractivity contribution in [2.24, 2.45) is 0 Å². The van der Waals surface area contributed by atoms with Crippen molar-refractivity contribution in [3.05, 3.63) is 40.2 Å². The van der Waals surface area contributed by atoms with Crippen LogP contribution >= 0.6 is 11.6 Å². The highest BCUT2D eigenvalue weighted by atomic mass is 35.5. The molecule has 114 valence electrons. The second-order valence-electron chi connectivity index (χ2n) is 5.91. The van der Waals surface area contributed by atoms with E-state index >= 15 is 0 Å². The van der Waals surface area contributed by atoms with Gasteiger partial charge in [-0.3, -0.25) is 0 Å². The number of benzene rings is 1. The van der Waals surface area contributed by atoms with E-state index in [9.17, 15) is 0 Å². The number of halogens is 1. The van der Waals surface area contributed by atoms with Crippen LogP contribution in [-0.2, 0) is 13.2 Å². The second-order valence-corrected chi connectivity index (χ2v) is 6.31. The average molecular weight is 310 g/mol. The van der Waals surface area contributed by atoms with Gasteiger partial charge in [-0.05, 0) is 39.8 Å². The normalized spacial score (nSPS) is 11.7. The number of aromatic nitrogens is 2. The number of nitrogens with zero attached hydrogens (tertiary/aromatic N) is 2. The van der Waals surface area contributed by atoms with Crippen LogP contribution in [0.15, 0.2) is 22.8 Å². The van der Waals surface area contributed by atoms with Crippen LogP contribution in [-0.4, -0.2) is 15.9 Å². The fraction of sp³-hybridized carbons (Fsp3) is 0.467. The third-order valence-electron chi connectivity index (χ3n) is 2.98. The molecule has 1 N–H and O–H groups in total. The maximum Gasteiger partial charge on any atom is 0.145 e. The first kappa shape index (κ1) is 15.8. The molecular formula is C15H20ClN3O2. The molecule has 0 bridgehead atoms. The first-order chi connectivity index (χ1) is 9.87. The van der Waals surface area contributed by atoms with Crippen molar-refractivity contribution in [3.8, 4) is 5.75 Å². The van der Waals surface area contributed by atoms with Gasteiger partial charge in [0, 0.05) is 22.7 Å². The zero-order chi connectivity index (χ0) is 15.5. The summed E-state index contributed by atoms with van der Waals surface area (Å²) in [4.78, 5) is 0. The highest BCUT2D eigenvalue weighted by molar-refractivity contribution is 6.31. The molecule has 1 aromatic heterocycles. The van der Waals surface area contributed by atoms with E-state index in [1.807, 2.05) is 25.1 Å². The van der Waals surface area contributed by atoms with Gasteiger partial charge in [-0.1, -0.05) is 28.0 Å². The standard InChI is InChI=1S/C15H20ClN3O2/c1-10-13(19-21-18-10)9-20-14-7-5-6-12(16)11(14)8-17-15(2,3)4/h5-7,17H,8-9H2,1-4H3. The Morgan fingerprint density at radius 2 is 2.05 bits per heavy atom. The van der Waals surface area contributed by atoms with Crippen LogP contribution in [0.3, 0.4) is 0 Å². The van der Waals surface area contributed by atoms with Gasteiger partial charge < -0.3 is 10.1 Å². The minimum Gasteiger partial charge on any atom is -0.487 e. The van der Waals surface area contributed by atoms with Crippen LogP contribution in [0.2, 0.25) is 5.02 Å². The lowest BCUT2D eigenvalue weighted by Crippen LogP contribution is -2.35. The zero-order valence-electron chi connectivity index (χ0n) is 12.7. The summed E-state index contributed by atoms with van der Waals surface area (Å²) in [6, 6.07) is 5.62. The average Bonchev–Trinajstić information content (AvgIpc) is 2.79. The third kappa shape index (κ3) is 4.44. The summed E-state index contributed by atoms with van der Waals surface area (Å²) < 4.78 is 10.5. The maximum atomic E-state index is 6.28. The Kier molecular flexibility index (Phi) is 4.85. The van der Waals surface area contributed by atoms with Crippen LogP contribution in [0, 0.1) is 6.92 Å². The molecule has 0 saturated heterocycles. The Balaban J connectivity index is 2.11. The Morgan fingerprint density at radius 3 is 2.67 bits per heavy atom. The molecule has 21 heavy (non-hydrogen) atoms. The molecule has 0 radical (unpaired) electrons. The quantitative estimate of drug-likeness (QED) is 0.916. The minimum absolute atomic E-state index is 0.00304. The van der Waals surface area contributed by atoms with E-state index in [1.165, 1.54) is 0 Å². The number of aryl methyl sites for hydroxylation is 1. The van der Waals surface area contributed by atoms with E-state index in [2.05, 4.69) is 41.0 Å². The molecule has 1 aromatic carbocycles. The van der Waals surface area contributed by atoms with E-state index in [0.29, 0.717) is 23.9 Å². The van der Waals surface area contributed by atoms with Gasteiger partial charge in [0.1, 0.15) is 23.7 Å². The van der Waals surface area contributed by atoms with Crippen molar-refractivity contribution < 1.29 is 9.37 Å². The molecule has 0 amide bonds. The van der Waals surface area contributed by atoms with Gasteiger partial charge >= 0.3 is 0 Å². The molecule has 0 aliphatic heterocycles. The number of ether oxygens (including phenoxy) is 1. The molecular weight excluding hydrogens is 290 g/mol. The smallest absolute Gasteiger partial charge is 0.145 e. The summed E-state index contributed by atoms with van der Waals surface area (Å²) in [6.45, 7) is 9.08. The maximum absolute atomic E-state index is 6.28. The Morgan fingerprint density at radius 1 is 1.29 bits per heavy atom. The van der Waals surface area contributed by atoms with E-state index in [0.717, 1.165) is 17.0 Å². The molecule has 0 atom stereocenters. The molecule has 0 unspecified atom stereocenters. The molecule has 2 aromatic rings. The molecule has 2 rings (SSSR count). The fourth-order valence-corrected chi connectivity index (χ4v) is 1.96. The topological polar surface area (TPSA) is 60.2 Å². The molecule has 0 fully saturated rings. The van der Waals surface area contributed by atoms with Gasteiger partial charge in [0.25, 0.3) is 0 Å². The lowest BCUT2D eigenvalue weighted by molar-refractivity contribution is 0.267. The number of rotatable bonds is 5. The number of nitrogens with one attached hydrogen (secondary N) is 1. The molecule has 6 heteroatoms. The predicted octanol–water partition coefficient (Wildman–Crippen LogP) is 3.50. The minimum atomic E-state index is 0.00304. The van der Waals surface area contributed by atoms with Crippen LogP contribution in [0.4, 0.5) is 0 Å². The number of hydrogen-bond acceptors (Lipinski definition) is 5. The van der Waals surface area contributed by atoms with Gasteiger partial charge in [0.15, 0.2) is 0 Å². The van der Waals surface area contributed by atoms with Crippen molar-refractivity contribution in [3.63, 3.8) is 0 Å². The van der Waals surface area contributed by atoms with Crippen molar-refractivity contribution in [1.29, 1.82) is 0 Å². The van der Waals surface area contributed by atoms with E-state index in [1.54, 1.807) is 0 Å². The zero-order valence-corrected chi connectivity index (χ0v) is 13.5. The van der Waals surface area contributed by atoms with Crippen LogP contribution < -0.4 is 10.1 Å². The highest BCUT2D eigenvalue weighted by Crippen LogP contribution is 2.27. The first-order valence-corrected chi connectivity index (χ1v) is 7.18. The summed E-state index contributed by atoms with van der Waals surface area (Å²) in [5, 5.41) is 11.6.